The molecule has 1 aromatic carbocycles. The van der Waals surface area contributed by atoms with Crippen LogP contribution in [0.15, 0.2) is 29.1 Å². The number of rotatable bonds is 2. The van der Waals surface area contributed by atoms with Gasteiger partial charge in [0.1, 0.15) is 11.6 Å². The van der Waals surface area contributed by atoms with Gasteiger partial charge in [0.25, 0.3) is 17.4 Å². The number of nitrogens with zero attached hydrogens (tertiary/aromatic N) is 1. The number of fused-ring (bicyclic) bond motifs is 1. The summed E-state index contributed by atoms with van der Waals surface area (Å²) < 4.78 is 1.16. The number of nitrogen functional groups attached to an aromatic ring is 1. The molecule has 1 aromatic heterocycles. The van der Waals surface area contributed by atoms with Crippen molar-refractivity contribution >= 4 is 17.6 Å². The van der Waals surface area contributed by atoms with Crippen LogP contribution in [0.4, 0.5) is 5.82 Å². The molecule has 4 N–H and O–H groups in total. The van der Waals surface area contributed by atoms with Crippen molar-refractivity contribution in [3.63, 3.8) is 0 Å². The van der Waals surface area contributed by atoms with E-state index in [9.17, 15) is 19.5 Å². The molecule has 0 fully saturated rings. The van der Waals surface area contributed by atoms with E-state index in [1.54, 1.807) is 6.07 Å². The lowest BCUT2D eigenvalue weighted by Crippen LogP contribution is -2.24. The Kier molecular flexibility index (Phi) is 3.21. The Bertz CT molecular complexity index is 912. The number of hydrogen-bond acceptors (Lipinski definition) is 5. The van der Waals surface area contributed by atoms with E-state index in [0.717, 1.165) is 10.6 Å². The number of phenolic OH excluding ortho intramolecular Hbond substituents is 1. The highest BCUT2D eigenvalue weighted by molar-refractivity contribution is 6.23. The zero-order chi connectivity index (χ0) is 16.9. The molecular formula is C16H15N3O4. The van der Waals surface area contributed by atoms with Crippen LogP contribution in [0.2, 0.25) is 0 Å². The summed E-state index contributed by atoms with van der Waals surface area (Å²) in [6.07, 6.45) is 0. The highest BCUT2D eigenvalue weighted by Gasteiger charge is 2.31. The summed E-state index contributed by atoms with van der Waals surface area (Å²) in [6, 6.07) is 5.72. The van der Waals surface area contributed by atoms with Gasteiger partial charge in [-0.15, -0.1) is 0 Å². The Hall–Kier alpha value is -3.09. The van der Waals surface area contributed by atoms with Crippen LogP contribution in [-0.4, -0.2) is 21.5 Å². The van der Waals surface area contributed by atoms with E-state index < -0.39 is 17.4 Å². The highest BCUT2D eigenvalue weighted by atomic mass is 16.3. The van der Waals surface area contributed by atoms with Crippen LogP contribution in [0, 0.1) is 0 Å². The number of pyridine rings is 1. The van der Waals surface area contributed by atoms with E-state index >= 15 is 0 Å². The zero-order valence-corrected chi connectivity index (χ0v) is 12.6. The third-order valence-corrected chi connectivity index (χ3v) is 3.84. The molecule has 0 atom stereocenters. The first-order valence-electron chi connectivity index (χ1n) is 7.05. The predicted molar refractivity (Wildman–Crippen MR) is 84.0 cm³/mol. The molecular weight excluding hydrogens is 298 g/mol. The number of imide groups is 1. The number of carbonyl (C=O) groups is 2. The van der Waals surface area contributed by atoms with E-state index in [4.69, 9.17) is 5.73 Å². The molecule has 0 aliphatic carbocycles. The van der Waals surface area contributed by atoms with E-state index in [2.05, 4.69) is 5.32 Å². The molecule has 7 nitrogen and oxygen atoms in total. The van der Waals surface area contributed by atoms with Gasteiger partial charge in [-0.2, -0.15) is 0 Å². The molecule has 118 valence electrons. The van der Waals surface area contributed by atoms with Crippen molar-refractivity contribution in [2.75, 3.05) is 5.73 Å². The molecule has 1 aliphatic heterocycles. The number of nitrogens with two attached hydrogens (primary N) is 1. The summed E-state index contributed by atoms with van der Waals surface area (Å²) in [5, 5.41) is 12.0. The lowest BCUT2D eigenvalue weighted by atomic mass is 10.0. The maximum atomic E-state index is 12.3. The predicted octanol–water partition coefficient (Wildman–Crippen LogP) is 1.13. The monoisotopic (exact) mass is 313 g/mol. The molecule has 0 saturated heterocycles. The molecule has 3 rings (SSSR count). The molecule has 0 saturated carbocycles. The quantitative estimate of drug-likeness (QED) is 0.719. The minimum Gasteiger partial charge on any atom is -0.508 e. The summed E-state index contributed by atoms with van der Waals surface area (Å²) in [5.41, 5.74) is 6.50. The van der Waals surface area contributed by atoms with Crippen molar-refractivity contribution in [1.29, 1.82) is 0 Å². The van der Waals surface area contributed by atoms with E-state index in [0.29, 0.717) is 11.3 Å². The number of aromatic hydroxyl groups is 1. The average Bonchev–Trinajstić information content (AvgIpc) is 2.75. The summed E-state index contributed by atoms with van der Waals surface area (Å²) in [4.78, 5) is 35.8. The van der Waals surface area contributed by atoms with Gasteiger partial charge < -0.3 is 10.8 Å². The minimum atomic E-state index is -0.630. The van der Waals surface area contributed by atoms with Crippen LogP contribution in [0.1, 0.15) is 46.0 Å². The normalized spacial score (nSPS) is 13.3. The highest BCUT2D eigenvalue weighted by Crippen LogP contribution is 2.29. The third kappa shape index (κ3) is 2.17. The first-order chi connectivity index (χ1) is 10.8. The van der Waals surface area contributed by atoms with Gasteiger partial charge in [0.2, 0.25) is 0 Å². The fourth-order valence-corrected chi connectivity index (χ4v) is 2.69. The molecule has 2 aromatic rings. The van der Waals surface area contributed by atoms with Crippen LogP contribution in [-0.2, 0) is 0 Å². The number of nitrogens with one attached hydrogen (secondary N) is 1. The lowest BCUT2D eigenvalue weighted by Gasteiger charge is -2.15. The van der Waals surface area contributed by atoms with Gasteiger partial charge in [-0.1, -0.05) is 13.8 Å². The van der Waals surface area contributed by atoms with Gasteiger partial charge in [0.05, 0.1) is 16.8 Å². The smallest absolute Gasteiger partial charge is 0.262 e. The van der Waals surface area contributed by atoms with Crippen LogP contribution in [0.3, 0.4) is 0 Å². The number of benzene rings is 1. The zero-order valence-electron chi connectivity index (χ0n) is 12.6. The van der Waals surface area contributed by atoms with Crippen LogP contribution >= 0.6 is 0 Å². The first kappa shape index (κ1) is 14.8. The molecule has 7 heteroatoms. The van der Waals surface area contributed by atoms with Crippen molar-refractivity contribution in [2.24, 2.45) is 0 Å². The number of amides is 2. The van der Waals surface area contributed by atoms with E-state index in [1.165, 1.54) is 12.1 Å². The summed E-state index contributed by atoms with van der Waals surface area (Å²) >= 11 is 0. The van der Waals surface area contributed by atoms with Gasteiger partial charge in [-0.25, -0.2) is 0 Å². The van der Waals surface area contributed by atoms with Gasteiger partial charge in [-0.3, -0.25) is 24.3 Å². The van der Waals surface area contributed by atoms with Crippen molar-refractivity contribution in [3.8, 4) is 11.4 Å². The minimum absolute atomic E-state index is 0.00577. The number of phenols is 1. The number of anilines is 1. The van der Waals surface area contributed by atoms with Crippen molar-refractivity contribution < 1.29 is 14.7 Å². The van der Waals surface area contributed by atoms with Gasteiger partial charge in [0.15, 0.2) is 0 Å². The topological polar surface area (TPSA) is 114 Å². The second kappa shape index (κ2) is 4.98. The van der Waals surface area contributed by atoms with Crippen molar-refractivity contribution in [1.82, 2.24) is 9.88 Å². The number of carbonyl (C=O) groups excluding carboxylic acids is 2. The molecule has 2 heterocycles. The molecule has 0 spiro atoms. The SMILES string of the molecule is CC(C)c1cc(-n2c(N)c3c(cc2=O)C(=O)NC3=O)ccc1O. The Labute approximate surface area is 131 Å². The summed E-state index contributed by atoms with van der Waals surface area (Å²) in [7, 11) is 0. The molecule has 0 radical (unpaired) electrons. The van der Waals surface area contributed by atoms with Gasteiger partial charge >= 0.3 is 0 Å². The van der Waals surface area contributed by atoms with E-state index in [-0.39, 0.29) is 28.6 Å². The number of aromatic nitrogens is 1. The van der Waals surface area contributed by atoms with E-state index in [1.807, 2.05) is 13.8 Å². The molecule has 1 aliphatic rings. The Morgan fingerprint density at radius 2 is 1.83 bits per heavy atom. The van der Waals surface area contributed by atoms with Crippen molar-refractivity contribution in [2.45, 2.75) is 19.8 Å². The summed E-state index contributed by atoms with van der Waals surface area (Å²) in [6.45, 7) is 3.81. The molecule has 0 bridgehead atoms. The Morgan fingerprint density at radius 1 is 1.13 bits per heavy atom. The Morgan fingerprint density at radius 3 is 2.48 bits per heavy atom. The third-order valence-electron chi connectivity index (χ3n) is 3.84. The van der Waals surface area contributed by atoms with Crippen LogP contribution in [0.25, 0.3) is 5.69 Å². The summed E-state index contributed by atoms with van der Waals surface area (Å²) in [5.74, 6) is -1.21. The average molecular weight is 313 g/mol. The second-order valence-corrected chi connectivity index (χ2v) is 5.67. The van der Waals surface area contributed by atoms with Crippen molar-refractivity contribution in [3.05, 3.63) is 51.3 Å². The van der Waals surface area contributed by atoms with Gasteiger partial charge in [0, 0.05) is 6.07 Å². The number of hydrogen-bond donors (Lipinski definition) is 3. The first-order valence-corrected chi connectivity index (χ1v) is 7.05. The fraction of sp³-hybridized carbons (Fsp3) is 0.188. The van der Waals surface area contributed by atoms with Crippen LogP contribution in [0.5, 0.6) is 5.75 Å². The largest absolute Gasteiger partial charge is 0.508 e. The Balaban J connectivity index is 2.29. The molecule has 23 heavy (non-hydrogen) atoms. The fourth-order valence-electron chi connectivity index (χ4n) is 2.69. The molecule has 2 amide bonds. The van der Waals surface area contributed by atoms with Crippen LogP contribution < -0.4 is 16.6 Å². The molecule has 0 unspecified atom stereocenters. The van der Waals surface area contributed by atoms with Gasteiger partial charge in [-0.05, 0) is 29.7 Å². The second-order valence-electron chi connectivity index (χ2n) is 5.67. The lowest BCUT2D eigenvalue weighted by molar-refractivity contribution is 0.0880. The maximum absolute atomic E-state index is 12.3. The standard InChI is InChI=1S/C16H15N3O4/c1-7(2)9-5-8(3-4-11(9)20)19-12(21)6-10-13(14(19)17)16(23)18-15(10)22/h3-7,20H,17H2,1-2H3,(H,18,22,23). The maximum Gasteiger partial charge on any atom is 0.262 e.